The molecule has 0 spiro atoms. The van der Waals surface area contributed by atoms with E-state index in [-0.39, 0.29) is 0 Å². The van der Waals surface area contributed by atoms with Crippen molar-refractivity contribution in [3.05, 3.63) is 18.3 Å². The van der Waals surface area contributed by atoms with Crippen molar-refractivity contribution >= 4 is 5.82 Å². The van der Waals surface area contributed by atoms with E-state index in [0.29, 0.717) is 6.04 Å². The van der Waals surface area contributed by atoms with Gasteiger partial charge in [-0.3, -0.25) is 0 Å². The number of nitrogens with zero attached hydrogens (tertiary/aromatic N) is 1. The highest BCUT2D eigenvalue weighted by molar-refractivity contribution is 5.38. The summed E-state index contributed by atoms with van der Waals surface area (Å²) in [4.78, 5) is 4.39. The van der Waals surface area contributed by atoms with Crippen molar-refractivity contribution in [1.82, 2.24) is 4.98 Å². The molecule has 4 unspecified atom stereocenters. The van der Waals surface area contributed by atoms with E-state index >= 15 is 0 Å². The molecule has 1 heterocycles. The Kier molecular flexibility index (Phi) is 3.14. The van der Waals surface area contributed by atoms with Gasteiger partial charge in [0.2, 0.25) is 0 Å². The van der Waals surface area contributed by atoms with E-state index in [4.69, 9.17) is 4.74 Å². The zero-order valence-corrected chi connectivity index (χ0v) is 11.2. The van der Waals surface area contributed by atoms with Crippen molar-refractivity contribution in [1.29, 1.82) is 0 Å². The fourth-order valence-corrected chi connectivity index (χ4v) is 3.83. The molecule has 3 rings (SSSR count). The first kappa shape index (κ1) is 11.8. The van der Waals surface area contributed by atoms with Crippen LogP contribution in [0.15, 0.2) is 18.3 Å². The van der Waals surface area contributed by atoms with Gasteiger partial charge >= 0.3 is 0 Å². The molecule has 2 saturated carbocycles. The van der Waals surface area contributed by atoms with Gasteiger partial charge in [0.05, 0.1) is 13.3 Å². The van der Waals surface area contributed by atoms with Crippen LogP contribution in [-0.4, -0.2) is 18.1 Å². The van der Waals surface area contributed by atoms with Crippen LogP contribution >= 0.6 is 0 Å². The molecule has 1 N–H and O–H groups in total. The minimum atomic E-state index is 0.529. The maximum atomic E-state index is 5.12. The molecule has 18 heavy (non-hydrogen) atoms. The van der Waals surface area contributed by atoms with E-state index in [1.807, 2.05) is 12.1 Å². The Labute approximate surface area is 109 Å². The molecule has 0 saturated heterocycles. The number of hydrogen-bond donors (Lipinski definition) is 1. The number of rotatable bonds is 4. The van der Waals surface area contributed by atoms with Gasteiger partial charge in [0.25, 0.3) is 0 Å². The molecule has 0 amide bonds. The molecular formula is C15H22N2O. The third-order valence-corrected chi connectivity index (χ3v) is 4.78. The van der Waals surface area contributed by atoms with Gasteiger partial charge in [0.1, 0.15) is 11.6 Å². The fraction of sp³-hybridized carbons (Fsp3) is 0.667. The standard InChI is InChI=1S/C15H22N2O/c1-10(14-8-11-3-4-12(14)7-11)17-15-6-5-13(18-2)9-16-15/h5-6,9-12,14H,3-4,7-8H2,1-2H3,(H,16,17). The van der Waals surface area contributed by atoms with Crippen molar-refractivity contribution in [2.75, 3.05) is 12.4 Å². The monoisotopic (exact) mass is 246 g/mol. The lowest BCUT2D eigenvalue weighted by molar-refractivity contribution is 0.304. The average molecular weight is 246 g/mol. The summed E-state index contributed by atoms with van der Waals surface area (Å²) in [5.41, 5.74) is 0. The summed E-state index contributed by atoms with van der Waals surface area (Å²) < 4.78 is 5.12. The molecule has 0 radical (unpaired) electrons. The number of anilines is 1. The van der Waals surface area contributed by atoms with E-state index in [0.717, 1.165) is 29.3 Å². The Hall–Kier alpha value is -1.25. The highest BCUT2D eigenvalue weighted by Crippen LogP contribution is 2.49. The van der Waals surface area contributed by atoms with Gasteiger partial charge in [0, 0.05) is 6.04 Å². The molecule has 2 aliphatic carbocycles. The van der Waals surface area contributed by atoms with Crippen molar-refractivity contribution in [3.8, 4) is 5.75 Å². The van der Waals surface area contributed by atoms with Gasteiger partial charge in [-0.05, 0) is 56.1 Å². The van der Waals surface area contributed by atoms with Crippen LogP contribution in [0.5, 0.6) is 5.75 Å². The summed E-state index contributed by atoms with van der Waals surface area (Å²) in [5, 5.41) is 3.55. The number of aromatic nitrogens is 1. The Bertz CT molecular complexity index is 403. The molecule has 2 bridgehead atoms. The van der Waals surface area contributed by atoms with Gasteiger partial charge in [-0.2, -0.15) is 0 Å². The molecule has 2 fully saturated rings. The third-order valence-electron chi connectivity index (χ3n) is 4.78. The van der Waals surface area contributed by atoms with Gasteiger partial charge in [0.15, 0.2) is 0 Å². The number of hydrogen-bond acceptors (Lipinski definition) is 3. The van der Waals surface area contributed by atoms with Crippen LogP contribution in [-0.2, 0) is 0 Å². The minimum Gasteiger partial charge on any atom is -0.495 e. The summed E-state index contributed by atoms with van der Waals surface area (Å²) in [6.45, 7) is 2.30. The highest BCUT2D eigenvalue weighted by atomic mass is 16.5. The SMILES string of the molecule is COc1ccc(NC(C)C2CC3CCC2C3)nc1. The summed E-state index contributed by atoms with van der Waals surface area (Å²) >= 11 is 0. The average Bonchev–Trinajstić information content (AvgIpc) is 3.02. The Morgan fingerprint density at radius 2 is 2.22 bits per heavy atom. The van der Waals surface area contributed by atoms with Crippen LogP contribution in [0.2, 0.25) is 0 Å². The molecule has 0 aliphatic heterocycles. The Morgan fingerprint density at radius 1 is 1.33 bits per heavy atom. The van der Waals surface area contributed by atoms with Crippen LogP contribution < -0.4 is 10.1 Å². The predicted octanol–water partition coefficient (Wildman–Crippen LogP) is 3.33. The van der Waals surface area contributed by atoms with E-state index in [9.17, 15) is 0 Å². The minimum absolute atomic E-state index is 0.529. The van der Waals surface area contributed by atoms with Crippen LogP contribution in [0.4, 0.5) is 5.82 Å². The Balaban J connectivity index is 1.61. The lowest BCUT2D eigenvalue weighted by Gasteiger charge is -2.28. The van der Waals surface area contributed by atoms with Gasteiger partial charge in [-0.1, -0.05) is 6.42 Å². The summed E-state index contributed by atoms with van der Waals surface area (Å²) in [6.07, 6.45) is 7.56. The second-order valence-electron chi connectivity index (χ2n) is 5.85. The first-order valence-electron chi connectivity index (χ1n) is 7.03. The smallest absolute Gasteiger partial charge is 0.137 e. The van der Waals surface area contributed by atoms with Crippen molar-refractivity contribution in [2.45, 2.75) is 38.6 Å². The molecule has 98 valence electrons. The molecule has 3 heteroatoms. The van der Waals surface area contributed by atoms with E-state index in [1.165, 1.54) is 25.7 Å². The van der Waals surface area contributed by atoms with Crippen LogP contribution in [0.3, 0.4) is 0 Å². The van der Waals surface area contributed by atoms with Crippen molar-refractivity contribution in [3.63, 3.8) is 0 Å². The third kappa shape index (κ3) is 2.18. The van der Waals surface area contributed by atoms with E-state index < -0.39 is 0 Å². The lowest BCUT2D eigenvalue weighted by atomic mass is 9.84. The summed E-state index contributed by atoms with van der Waals surface area (Å²) in [7, 11) is 1.67. The molecule has 2 aliphatic rings. The molecule has 1 aromatic heterocycles. The summed E-state index contributed by atoms with van der Waals surface area (Å²) in [6, 6.07) is 4.49. The predicted molar refractivity (Wildman–Crippen MR) is 72.8 cm³/mol. The second kappa shape index (κ2) is 4.79. The van der Waals surface area contributed by atoms with Crippen LogP contribution in [0.25, 0.3) is 0 Å². The fourth-order valence-electron chi connectivity index (χ4n) is 3.83. The lowest BCUT2D eigenvalue weighted by Crippen LogP contribution is -2.30. The number of ether oxygens (including phenoxy) is 1. The Morgan fingerprint density at radius 3 is 2.78 bits per heavy atom. The zero-order valence-electron chi connectivity index (χ0n) is 11.2. The van der Waals surface area contributed by atoms with Crippen LogP contribution in [0.1, 0.15) is 32.6 Å². The largest absolute Gasteiger partial charge is 0.495 e. The molecule has 3 nitrogen and oxygen atoms in total. The maximum Gasteiger partial charge on any atom is 0.137 e. The molecule has 0 aromatic carbocycles. The van der Waals surface area contributed by atoms with E-state index in [2.05, 4.69) is 17.2 Å². The topological polar surface area (TPSA) is 34.1 Å². The number of pyridine rings is 1. The van der Waals surface area contributed by atoms with Crippen LogP contribution in [0, 0.1) is 17.8 Å². The van der Waals surface area contributed by atoms with Gasteiger partial charge in [-0.25, -0.2) is 4.98 Å². The number of fused-ring (bicyclic) bond motifs is 2. The van der Waals surface area contributed by atoms with Crippen molar-refractivity contribution in [2.24, 2.45) is 17.8 Å². The zero-order chi connectivity index (χ0) is 12.5. The first-order valence-corrected chi connectivity index (χ1v) is 7.03. The molecular weight excluding hydrogens is 224 g/mol. The van der Waals surface area contributed by atoms with E-state index in [1.54, 1.807) is 13.3 Å². The number of methoxy groups -OCH3 is 1. The summed E-state index contributed by atoms with van der Waals surface area (Å²) in [5.74, 6) is 4.58. The molecule has 1 aromatic rings. The molecule has 4 atom stereocenters. The number of nitrogens with one attached hydrogen (secondary N) is 1. The first-order chi connectivity index (χ1) is 8.76. The van der Waals surface area contributed by atoms with Gasteiger partial charge < -0.3 is 10.1 Å². The quantitative estimate of drug-likeness (QED) is 0.885. The highest BCUT2D eigenvalue weighted by Gasteiger charge is 2.41. The van der Waals surface area contributed by atoms with Gasteiger partial charge in [-0.15, -0.1) is 0 Å². The maximum absolute atomic E-state index is 5.12. The normalized spacial score (nSPS) is 31.3. The second-order valence-corrected chi connectivity index (χ2v) is 5.85. The van der Waals surface area contributed by atoms with Crippen molar-refractivity contribution < 1.29 is 4.74 Å².